The maximum Gasteiger partial charge on any atom is 0.164 e. The van der Waals surface area contributed by atoms with Crippen molar-refractivity contribution < 1.29 is 0 Å². The van der Waals surface area contributed by atoms with Crippen LogP contribution in [0, 0.1) is 6.92 Å². The van der Waals surface area contributed by atoms with Crippen molar-refractivity contribution in [1.29, 1.82) is 0 Å². The number of rotatable bonds is 1. The number of anilines is 1. The van der Waals surface area contributed by atoms with Crippen LogP contribution in [-0.4, -0.2) is 9.78 Å². The highest BCUT2D eigenvalue weighted by Gasteiger charge is 2.03. The van der Waals surface area contributed by atoms with Gasteiger partial charge in [-0.2, -0.15) is 0 Å². The molecule has 2 rings (SSSR count). The van der Waals surface area contributed by atoms with E-state index in [2.05, 4.69) is 5.10 Å². The van der Waals surface area contributed by atoms with Gasteiger partial charge in [0.05, 0.1) is 11.9 Å². The highest BCUT2D eigenvalue weighted by Crippen LogP contribution is 2.18. The summed E-state index contributed by atoms with van der Waals surface area (Å²) in [6, 6.07) is 7.97. The second-order valence-corrected chi connectivity index (χ2v) is 3.55. The summed E-state index contributed by atoms with van der Waals surface area (Å²) < 4.78 is 1.66. The zero-order chi connectivity index (χ0) is 10.1. The lowest BCUT2D eigenvalue weighted by atomic mass is 10.2. The lowest BCUT2D eigenvalue weighted by Crippen LogP contribution is -1.95. The SMILES string of the molecule is Cc1ccc(-n2cc(Cl)c(N)n2)cc1. The minimum atomic E-state index is 0.354. The maximum absolute atomic E-state index is 5.80. The molecule has 1 aromatic carbocycles. The van der Waals surface area contributed by atoms with Crippen LogP contribution in [0.4, 0.5) is 5.82 Å². The standard InChI is InChI=1S/C10H10ClN3/c1-7-2-4-8(5-3-7)14-6-9(11)10(12)13-14/h2-6H,1H3,(H2,12,13). The minimum Gasteiger partial charge on any atom is -0.381 e. The molecule has 0 bridgehead atoms. The second kappa shape index (κ2) is 3.35. The fourth-order valence-electron chi connectivity index (χ4n) is 1.20. The van der Waals surface area contributed by atoms with Gasteiger partial charge in [-0.3, -0.25) is 0 Å². The van der Waals surface area contributed by atoms with Crippen LogP contribution < -0.4 is 5.73 Å². The van der Waals surface area contributed by atoms with E-state index in [0.29, 0.717) is 10.8 Å². The molecule has 14 heavy (non-hydrogen) atoms. The third-order valence-electron chi connectivity index (χ3n) is 1.99. The topological polar surface area (TPSA) is 43.8 Å². The van der Waals surface area contributed by atoms with Crippen molar-refractivity contribution in [2.24, 2.45) is 0 Å². The molecular weight excluding hydrogens is 198 g/mol. The zero-order valence-corrected chi connectivity index (χ0v) is 8.49. The van der Waals surface area contributed by atoms with Gasteiger partial charge in [-0.1, -0.05) is 29.3 Å². The number of nitrogens with two attached hydrogens (primary N) is 1. The highest BCUT2D eigenvalue weighted by atomic mass is 35.5. The fourth-order valence-corrected chi connectivity index (χ4v) is 1.33. The Morgan fingerprint density at radius 1 is 1.29 bits per heavy atom. The molecule has 1 heterocycles. The smallest absolute Gasteiger partial charge is 0.164 e. The molecule has 0 saturated heterocycles. The second-order valence-electron chi connectivity index (χ2n) is 3.14. The van der Waals surface area contributed by atoms with Crippen LogP contribution >= 0.6 is 11.6 Å². The van der Waals surface area contributed by atoms with Crippen molar-refractivity contribution >= 4 is 17.4 Å². The van der Waals surface area contributed by atoms with Gasteiger partial charge in [0.15, 0.2) is 5.82 Å². The average Bonchev–Trinajstić information content (AvgIpc) is 2.48. The Hall–Kier alpha value is -1.48. The molecule has 72 valence electrons. The van der Waals surface area contributed by atoms with E-state index in [-0.39, 0.29) is 0 Å². The van der Waals surface area contributed by atoms with Crippen LogP contribution in [0.25, 0.3) is 5.69 Å². The maximum atomic E-state index is 5.80. The van der Waals surface area contributed by atoms with Crippen molar-refractivity contribution in [2.75, 3.05) is 5.73 Å². The van der Waals surface area contributed by atoms with Gasteiger partial charge in [0, 0.05) is 0 Å². The predicted octanol–water partition coefficient (Wildman–Crippen LogP) is 2.42. The summed E-state index contributed by atoms with van der Waals surface area (Å²) in [5.74, 6) is 0.354. The Morgan fingerprint density at radius 3 is 2.43 bits per heavy atom. The number of aryl methyl sites for hydroxylation is 1. The predicted molar refractivity (Wildman–Crippen MR) is 57.7 cm³/mol. The van der Waals surface area contributed by atoms with E-state index in [1.165, 1.54) is 5.56 Å². The Kier molecular flexibility index (Phi) is 2.17. The third-order valence-corrected chi connectivity index (χ3v) is 2.29. The molecule has 0 fully saturated rings. The van der Waals surface area contributed by atoms with Gasteiger partial charge in [-0.05, 0) is 19.1 Å². The lowest BCUT2D eigenvalue weighted by molar-refractivity contribution is 0.885. The first-order valence-electron chi connectivity index (χ1n) is 4.24. The molecule has 0 aliphatic carbocycles. The summed E-state index contributed by atoms with van der Waals surface area (Å²) in [5.41, 5.74) is 7.71. The number of aromatic nitrogens is 2. The summed E-state index contributed by atoms with van der Waals surface area (Å²) in [7, 11) is 0. The largest absolute Gasteiger partial charge is 0.381 e. The van der Waals surface area contributed by atoms with Gasteiger partial charge in [0.25, 0.3) is 0 Å². The van der Waals surface area contributed by atoms with Gasteiger partial charge in [0.1, 0.15) is 5.02 Å². The van der Waals surface area contributed by atoms with E-state index in [9.17, 15) is 0 Å². The van der Waals surface area contributed by atoms with Crippen LogP contribution in [0.2, 0.25) is 5.02 Å². The van der Waals surface area contributed by atoms with Gasteiger partial charge < -0.3 is 5.73 Å². The quantitative estimate of drug-likeness (QED) is 0.781. The summed E-state index contributed by atoms with van der Waals surface area (Å²) in [4.78, 5) is 0. The molecule has 2 aromatic rings. The summed E-state index contributed by atoms with van der Waals surface area (Å²) in [6.07, 6.45) is 1.70. The van der Waals surface area contributed by atoms with Crippen LogP contribution in [-0.2, 0) is 0 Å². The summed E-state index contributed by atoms with van der Waals surface area (Å²) in [5, 5.41) is 4.55. The van der Waals surface area contributed by atoms with Crippen molar-refractivity contribution in [2.45, 2.75) is 6.92 Å². The zero-order valence-electron chi connectivity index (χ0n) is 7.74. The van der Waals surface area contributed by atoms with E-state index in [1.54, 1.807) is 10.9 Å². The first-order chi connectivity index (χ1) is 6.66. The van der Waals surface area contributed by atoms with Crippen LogP contribution in [0.5, 0.6) is 0 Å². The van der Waals surface area contributed by atoms with E-state index in [1.807, 2.05) is 31.2 Å². The minimum absolute atomic E-state index is 0.354. The molecule has 1 aromatic heterocycles. The van der Waals surface area contributed by atoms with E-state index in [4.69, 9.17) is 17.3 Å². The molecule has 2 N–H and O–H groups in total. The van der Waals surface area contributed by atoms with Gasteiger partial charge in [0.2, 0.25) is 0 Å². The molecule has 0 aliphatic rings. The van der Waals surface area contributed by atoms with E-state index in [0.717, 1.165) is 5.69 Å². The molecule has 0 spiro atoms. The number of benzene rings is 1. The van der Waals surface area contributed by atoms with Gasteiger partial charge >= 0.3 is 0 Å². The average molecular weight is 208 g/mol. The molecule has 0 unspecified atom stereocenters. The number of hydrogen-bond acceptors (Lipinski definition) is 2. The van der Waals surface area contributed by atoms with Crippen molar-refractivity contribution in [1.82, 2.24) is 9.78 Å². The van der Waals surface area contributed by atoms with E-state index >= 15 is 0 Å². The van der Waals surface area contributed by atoms with Crippen LogP contribution in [0.1, 0.15) is 5.56 Å². The van der Waals surface area contributed by atoms with E-state index < -0.39 is 0 Å². The Labute approximate surface area is 87.1 Å². The molecule has 4 heteroatoms. The summed E-state index contributed by atoms with van der Waals surface area (Å²) in [6.45, 7) is 2.04. The van der Waals surface area contributed by atoms with Crippen LogP contribution in [0.15, 0.2) is 30.5 Å². The number of nitrogen functional groups attached to an aromatic ring is 1. The molecule has 0 amide bonds. The molecule has 0 saturated carbocycles. The first kappa shape index (κ1) is 9.09. The fraction of sp³-hybridized carbons (Fsp3) is 0.100. The highest BCUT2D eigenvalue weighted by molar-refractivity contribution is 6.32. The molecule has 0 atom stereocenters. The lowest BCUT2D eigenvalue weighted by Gasteiger charge is -2.00. The van der Waals surface area contributed by atoms with Gasteiger partial charge in [-0.15, -0.1) is 5.10 Å². The van der Waals surface area contributed by atoms with Crippen LogP contribution in [0.3, 0.4) is 0 Å². The first-order valence-corrected chi connectivity index (χ1v) is 4.62. The molecule has 3 nitrogen and oxygen atoms in total. The Bertz CT molecular complexity index is 425. The molecular formula is C10H10ClN3. The number of nitrogens with zero attached hydrogens (tertiary/aromatic N) is 2. The number of halogens is 1. The normalized spacial score (nSPS) is 10.4. The van der Waals surface area contributed by atoms with Crippen molar-refractivity contribution in [3.63, 3.8) is 0 Å². The monoisotopic (exact) mass is 207 g/mol. The number of hydrogen-bond donors (Lipinski definition) is 1. The molecule has 0 aliphatic heterocycles. The van der Waals surface area contributed by atoms with Gasteiger partial charge in [-0.25, -0.2) is 4.68 Å². The van der Waals surface area contributed by atoms with Crippen molar-refractivity contribution in [3.8, 4) is 5.69 Å². The third kappa shape index (κ3) is 1.59. The van der Waals surface area contributed by atoms with Crippen molar-refractivity contribution in [3.05, 3.63) is 41.0 Å². The Morgan fingerprint density at radius 2 is 1.93 bits per heavy atom. The summed E-state index contributed by atoms with van der Waals surface area (Å²) >= 11 is 5.80. The Balaban J connectivity index is 2.44. The molecule has 0 radical (unpaired) electrons.